The summed E-state index contributed by atoms with van der Waals surface area (Å²) in [4.78, 5) is 7.62. The van der Waals surface area contributed by atoms with Crippen LogP contribution in [0.25, 0.3) is 21.5 Å². The SMILES string of the molecule is Cc1cc(-c2[nH]nc3sc(C(O)N[C@@H]4CN(C)C[C@H]4c4ccccc4C(F)(F)F)cc23)ccn1. The van der Waals surface area contributed by atoms with Gasteiger partial charge in [-0.05, 0) is 43.8 Å². The van der Waals surface area contributed by atoms with Gasteiger partial charge in [-0.2, -0.15) is 18.3 Å². The number of alkyl halides is 3. The number of fused-ring (bicyclic) bond motifs is 1. The fourth-order valence-electron chi connectivity index (χ4n) is 4.73. The summed E-state index contributed by atoms with van der Waals surface area (Å²) in [6.07, 6.45) is -3.72. The van der Waals surface area contributed by atoms with E-state index in [1.54, 1.807) is 12.3 Å². The summed E-state index contributed by atoms with van der Waals surface area (Å²) in [6, 6.07) is 11.1. The Kier molecular flexibility index (Phi) is 5.93. The van der Waals surface area contributed by atoms with Crippen LogP contribution in [0.2, 0.25) is 0 Å². The summed E-state index contributed by atoms with van der Waals surface area (Å²) < 4.78 is 40.9. The van der Waals surface area contributed by atoms with Crippen LogP contribution in [0.4, 0.5) is 13.2 Å². The average molecular weight is 488 g/mol. The Hall–Kier alpha value is -2.79. The first kappa shape index (κ1) is 23.0. The first-order valence-corrected chi connectivity index (χ1v) is 11.7. The van der Waals surface area contributed by atoms with E-state index in [4.69, 9.17) is 0 Å². The molecular formula is C24H24F3N5OS. The van der Waals surface area contributed by atoms with Gasteiger partial charge in [-0.25, -0.2) is 0 Å². The Labute approximate surface area is 198 Å². The lowest BCUT2D eigenvalue weighted by molar-refractivity contribution is -0.138. The average Bonchev–Trinajstić information content (AvgIpc) is 3.47. The number of halogens is 3. The normalized spacial score (nSPS) is 20.3. The standard InChI is InChI=1S/C24H24F3N5OS/c1-13-9-14(7-8-28-13)21-16-10-20(34-23(16)31-30-21)22(33)29-19-12-32(2)11-17(19)15-5-3-4-6-18(15)24(25,26)27/h3-10,17,19,22,29,33H,11-12H2,1-2H3,(H,30,31)/t17-,19+,22?/m0/s1. The zero-order chi connectivity index (χ0) is 24.0. The van der Waals surface area contributed by atoms with Gasteiger partial charge < -0.3 is 10.0 Å². The number of nitrogens with one attached hydrogen (secondary N) is 2. The van der Waals surface area contributed by atoms with Gasteiger partial charge in [0.1, 0.15) is 11.1 Å². The molecule has 5 rings (SSSR count). The molecule has 0 amide bonds. The monoisotopic (exact) mass is 487 g/mol. The van der Waals surface area contributed by atoms with Crippen molar-refractivity contribution in [3.05, 3.63) is 70.4 Å². The number of H-pyrrole nitrogens is 1. The van der Waals surface area contributed by atoms with Gasteiger partial charge in [-0.15, -0.1) is 11.3 Å². The highest BCUT2D eigenvalue weighted by Crippen LogP contribution is 2.39. The number of hydrogen-bond acceptors (Lipinski definition) is 6. The molecule has 4 aromatic rings. The van der Waals surface area contributed by atoms with Crippen LogP contribution in [0.15, 0.2) is 48.7 Å². The fraction of sp³-hybridized carbons (Fsp3) is 0.333. The van der Waals surface area contributed by atoms with Crippen LogP contribution in [0, 0.1) is 6.92 Å². The van der Waals surface area contributed by atoms with Crippen LogP contribution in [-0.2, 0) is 6.18 Å². The molecule has 0 saturated carbocycles. The smallest absolute Gasteiger partial charge is 0.373 e. The van der Waals surface area contributed by atoms with Crippen molar-refractivity contribution in [1.29, 1.82) is 0 Å². The molecule has 1 aliphatic heterocycles. The maximum atomic E-state index is 13.6. The second kappa shape index (κ2) is 8.77. The topological polar surface area (TPSA) is 77.1 Å². The zero-order valence-corrected chi connectivity index (χ0v) is 19.4. The first-order valence-electron chi connectivity index (χ1n) is 10.9. The molecule has 6 nitrogen and oxygen atoms in total. The third-order valence-electron chi connectivity index (χ3n) is 6.26. The predicted octanol–water partition coefficient (Wildman–Crippen LogP) is 4.69. The first-order chi connectivity index (χ1) is 16.2. The summed E-state index contributed by atoms with van der Waals surface area (Å²) in [5.41, 5.74) is 2.30. The minimum Gasteiger partial charge on any atom is -0.373 e. The van der Waals surface area contributed by atoms with Crippen molar-refractivity contribution in [3.63, 3.8) is 0 Å². The summed E-state index contributed by atoms with van der Waals surface area (Å²) >= 11 is 1.35. The van der Waals surface area contributed by atoms with Crippen molar-refractivity contribution in [3.8, 4) is 11.3 Å². The Bertz CT molecular complexity index is 1320. The summed E-state index contributed by atoms with van der Waals surface area (Å²) in [6.45, 7) is 2.91. The minimum absolute atomic E-state index is 0.251. The fourth-order valence-corrected chi connectivity index (χ4v) is 5.67. The number of aryl methyl sites for hydroxylation is 1. The third-order valence-corrected chi connectivity index (χ3v) is 7.35. The Morgan fingerprint density at radius 2 is 2.00 bits per heavy atom. The molecule has 3 aromatic heterocycles. The number of aliphatic hydroxyl groups is 1. The molecule has 1 unspecified atom stereocenters. The molecule has 1 aliphatic rings. The molecule has 0 radical (unpaired) electrons. The van der Waals surface area contributed by atoms with Crippen molar-refractivity contribution in [2.45, 2.75) is 31.3 Å². The Balaban J connectivity index is 1.41. The van der Waals surface area contributed by atoms with Crippen LogP contribution < -0.4 is 5.32 Å². The molecule has 0 bridgehead atoms. The highest BCUT2D eigenvalue weighted by molar-refractivity contribution is 7.18. The molecule has 3 atom stereocenters. The molecule has 4 heterocycles. The molecule has 1 fully saturated rings. The van der Waals surface area contributed by atoms with Crippen molar-refractivity contribution >= 4 is 21.6 Å². The van der Waals surface area contributed by atoms with E-state index in [9.17, 15) is 18.3 Å². The molecule has 1 aromatic carbocycles. The van der Waals surface area contributed by atoms with Gasteiger partial charge in [0.05, 0.1) is 16.1 Å². The molecular weight excluding hydrogens is 463 g/mol. The van der Waals surface area contributed by atoms with Crippen molar-refractivity contribution in [2.75, 3.05) is 20.1 Å². The number of thiophene rings is 1. The number of pyridine rings is 1. The minimum atomic E-state index is -4.43. The van der Waals surface area contributed by atoms with Gasteiger partial charge >= 0.3 is 6.18 Å². The van der Waals surface area contributed by atoms with E-state index in [1.165, 1.54) is 23.5 Å². The molecule has 34 heavy (non-hydrogen) atoms. The number of hydrogen-bond donors (Lipinski definition) is 3. The lowest BCUT2D eigenvalue weighted by Crippen LogP contribution is -2.38. The summed E-state index contributed by atoms with van der Waals surface area (Å²) in [7, 11) is 1.87. The molecule has 0 aliphatic carbocycles. The van der Waals surface area contributed by atoms with Gasteiger partial charge in [0.25, 0.3) is 0 Å². The summed E-state index contributed by atoms with van der Waals surface area (Å²) in [5.74, 6) is -0.405. The van der Waals surface area contributed by atoms with Crippen molar-refractivity contribution in [1.82, 2.24) is 25.4 Å². The van der Waals surface area contributed by atoms with E-state index in [0.29, 0.717) is 18.0 Å². The van der Waals surface area contributed by atoms with Gasteiger partial charge in [0, 0.05) is 47.9 Å². The van der Waals surface area contributed by atoms with Gasteiger partial charge in [-0.3, -0.25) is 15.4 Å². The van der Waals surface area contributed by atoms with E-state index >= 15 is 0 Å². The number of aromatic nitrogens is 3. The summed E-state index contributed by atoms with van der Waals surface area (Å²) in [5, 5.41) is 22.5. The number of rotatable bonds is 5. The van der Waals surface area contributed by atoms with E-state index in [0.717, 1.165) is 33.2 Å². The number of aliphatic hydroxyl groups excluding tert-OH is 1. The molecule has 1 saturated heterocycles. The third kappa shape index (κ3) is 4.34. The van der Waals surface area contributed by atoms with Crippen LogP contribution in [-0.4, -0.2) is 51.4 Å². The Morgan fingerprint density at radius 1 is 1.21 bits per heavy atom. The number of aromatic amines is 1. The van der Waals surface area contributed by atoms with Crippen LogP contribution >= 0.6 is 11.3 Å². The second-order valence-corrected chi connectivity index (χ2v) is 9.80. The number of nitrogens with zero attached hydrogens (tertiary/aromatic N) is 3. The predicted molar refractivity (Wildman–Crippen MR) is 126 cm³/mol. The van der Waals surface area contributed by atoms with Gasteiger partial charge in [0.2, 0.25) is 0 Å². The van der Waals surface area contributed by atoms with Crippen LogP contribution in [0.3, 0.4) is 0 Å². The molecule has 178 valence electrons. The van der Waals surface area contributed by atoms with Crippen molar-refractivity contribution < 1.29 is 18.3 Å². The highest BCUT2D eigenvalue weighted by Gasteiger charge is 2.40. The van der Waals surface area contributed by atoms with E-state index < -0.39 is 23.9 Å². The number of benzene rings is 1. The zero-order valence-electron chi connectivity index (χ0n) is 18.6. The number of likely N-dealkylation sites (tertiary alicyclic amines) is 1. The maximum Gasteiger partial charge on any atom is 0.416 e. The lowest BCUT2D eigenvalue weighted by Gasteiger charge is -2.25. The lowest BCUT2D eigenvalue weighted by atomic mass is 9.90. The highest BCUT2D eigenvalue weighted by atomic mass is 32.1. The Morgan fingerprint density at radius 3 is 2.76 bits per heavy atom. The van der Waals surface area contributed by atoms with E-state index in [1.807, 2.05) is 37.1 Å². The van der Waals surface area contributed by atoms with Crippen LogP contribution in [0.1, 0.15) is 33.8 Å². The maximum absolute atomic E-state index is 13.6. The second-order valence-electron chi connectivity index (χ2n) is 8.74. The van der Waals surface area contributed by atoms with Gasteiger partial charge in [-0.1, -0.05) is 18.2 Å². The van der Waals surface area contributed by atoms with Gasteiger partial charge in [0.15, 0.2) is 0 Å². The molecule has 0 spiro atoms. The number of likely N-dealkylation sites (N-methyl/N-ethyl adjacent to an activating group) is 1. The van der Waals surface area contributed by atoms with E-state index in [2.05, 4.69) is 20.5 Å². The quantitative estimate of drug-likeness (QED) is 0.356. The molecule has 3 N–H and O–H groups in total. The van der Waals surface area contributed by atoms with Crippen LogP contribution in [0.5, 0.6) is 0 Å². The van der Waals surface area contributed by atoms with Crippen molar-refractivity contribution in [2.24, 2.45) is 0 Å². The largest absolute Gasteiger partial charge is 0.416 e. The van der Waals surface area contributed by atoms with E-state index in [-0.39, 0.29) is 11.6 Å². The molecule has 10 heteroatoms.